The fraction of sp³-hybridized carbons (Fsp3) is 0.591. The molecule has 2 aliphatic heterocycles. The number of piperidine rings is 1. The van der Waals surface area contributed by atoms with E-state index in [0.717, 1.165) is 13.1 Å². The van der Waals surface area contributed by atoms with Crippen LogP contribution in [0.15, 0.2) is 24.3 Å². The molecule has 0 saturated carbocycles. The number of carbonyl (C=O) groups is 2. The molecular weight excluding hydrogens is 368 g/mol. The first kappa shape index (κ1) is 21.1. The first-order chi connectivity index (χ1) is 14.0. The minimum absolute atomic E-state index is 0.0822. The number of nitrogens with zero attached hydrogens (tertiary/aromatic N) is 4. The van der Waals surface area contributed by atoms with E-state index in [4.69, 9.17) is 10.00 Å². The van der Waals surface area contributed by atoms with Crippen molar-refractivity contribution in [3.8, 4) is 11.8 Å². The van der Waals surface area contributed by atoms with Gasteiger partial charge in [0.2, 0.25) is 5.91 Å². The molecule has 2 amide bonds. The molecule has 2 saturated heterocycles. The fourth-order valence-corrected chi connectivity index (χ4v) is 4.23. The van der Waals surface area contributed by atoms with Crippen molar-refractivity contribution in [1.82, 2.24) is 14.7 Å². The third kappa shape index (κ3) is 5.70. The minimum Gasteiger partial charge on any atom is -0.482 e. The predicted octanol–water partition coefficient (Wildman–Crippen LogP) is 1.59. The van der Waals surface area contributed by atoms with Crippen molar-refractivity contribution in [1.29, 1.82) is 5.26 Å². The molecule has 0 radical (unpaired) electrons. The molecule has 2 unspecified atom stereocenters. The summed E-state index contributed by atoms with van der Waals surface area (Å²) in [5.41, 5.74) is 0.421. The van der Waals surface area contributed by atoms with Crippen LogP contribution in [0.2, 0.25) is 0 Å². The summed E-state index contributed by atoms with van der Waals surface area (Å²) in [4.78, 5) is 31.0. The number of para-hydroxylation sites is 1. The van der Waals surface area contributed by atoms with E-state index in [1.54, 1.807) is 29.2 Å². The van der Waals surface area contributed by atoms with Gasteiger partial charge in [0.05, 0.1) is 12.1 Å². The van der Waals surface area contributed by atoms with Crippen molar-refractivity contribution in [3.05, 3.63) is 29.8 Å². The predicted molar refractivity (Wildman–Crippen MR) is 109 cm³/mol. The average Bonchev–Trinajstić information content (AvgIpc) is 2.72. The Morgan fingerprint density at radius 2 is 1.69 bits per heavy atom. The van der Waals surface area contributed by atoms with Gasteiger partial charge in [-0.05, 0) is 30.4 Å². The average molecular weight is 399 g/mol. The number of likely N-dealkylation sites (tertiary alicyclic amines) is 1. The third-order valence-corrected chi connectivity index (χ3v) is 5.66. The van der Waals surface area contributed by atoms with Crippen molar-refractivity contribution in [2.24, 2.45) is 11.8 Å². The number of hydrogen-bond acceptors (Lipinski definition) is 5. The van der Waals surface area contributed by atoms with Crippen molar-refractivity contribution in [2.45, 2.75) is 20.3 Å². The first-order valence-electron chi connectivity index (χ1n) is 10.4. The zero-order chi connectivity index (χ0) is 20.8. The number of ether oxygens (including phenoxy) is 1. The molecule has 2 heterocycles. The van der Waals surface area contributed by atoms with Gasteiger partial charge in [-0.25, -0.2) is 0 Å². The van der Waals surface area contributed by atoms with Gasteiger partial charge in [-0.2, -0.15) is 5.26 Å². The largest absolute Gasteiger partial charge is 0.482 e. The standard InChI is InChI=1S/C22H30N4O3/c1-17-11-18(2)14-26(13-17)21(27)15-24-7-9-25(10-8-24)22(28)16-29-20-6-4-3-5-19(20)12-23/h3-6,17-18H,7-11,13-16H2,1-2H3. The lowest BCUT2D eigenvalue weighted by Gasteiger charge is -2.38. The summed E-state index contributed by atoms with van der Waals surface area (Å²) in [7, 11) is 0. The molecule has 0 aliphatic carbocycles. The zero-order valence-corrected chi connectivity index (χ0v) is 17.3. The number of rotatable bonds is 5. The second-order valence-corrected chi connectivity index (χ2v) is 8.30. The van der Waals surface area contributed by atoms with Crippen LogP contribution in [0.5, 0.6) is 5.75 Å². The van der Waals surface area contributed by atoms with Gasteiger partial charge in [-0.15, -0.1) is 0 Å². The molecule has 7 heteroatoms. The van der Waals surface area contributed by atoms with Crippen LogP contribution in [-0.4, -0.2) is 78.9 Å². The van der Waals surface area contributed by atoms with Gasteiger partial charge in [0.25, 0.3) is 5.91 Å². The number of benzene rings is 1. The molecule has 0 aromatic heterocycles. The molecule has 0 N–H and O–H groups in total. The van der Waals surface area contributed by atoms with Crippen molar-refractivity contribution in [2.75, 3.05) is 52.4 Å². The highest BCUT2D eigenvalue weighted by Crippen LogP contribution is 2.21. The summed E-state index contributed by atoms with van der Waals surface area (Å²) < 4.78 is 5.55. The lowest BCUT2D eigenvalue weighted by molar-refractivity contribution is -0.137. The second kappa shape index (κ2) is 9.75. The third-order valence-electron chi connectivity index (χ3n) is 5.66. The van der Waals surface area contributed by atoms with Gasteiger partial charge in [0.15, 0.2) is 6.61 Å². The van der Waals surface area contributed by atoms with E-state index in [2.05, 4.69) is 24.8 Å². The van der Waals surface area contributed by atoms with Crippen LogP contribution in [-0.2, 0) is 9.59 Å². The Kier molecular flexibility index (Phi) is 7.10. The van der Waals surface area contributed by atoms with Gasteiger partial charge >= 0.3 is 0 Å². The molecule has 0 bridgehead atoms. The van der Waals surface area contributed by atoms with E-state index in [-0.39, 0.29) is 18.4 Å². The maximum absolute atomic E-state index is 12.6. The molecule has 2 atom stereocenters. The summed E-state index contributed by atoms with van der Waals surface area (Å²) in [5, 5.41) is 9.09. The Morgan fingerprint density at radius 1 is 1.03 bits per heavy atom. The Labute approximate surface area is 172 Å². The monoisotopic (exact) mass is 398 g/mol. The van der Waals surface area contributed by atoms with Gasteiger partial charge in [-0.3, -0.25) is 14.5 Å². The Balaban J connectivity index is 1.42. The Hall–Kier alpha value is -2.59. The Morgan fingerprint density at radius 3 is 2.34 bits per heavy atom. The molecule has 3 rings (SSSR count). The topological polar surface area (TPSA) is 76.9 Å². The lowest BCUT2D eigenvalue weighted by atomic mass is 9.92. The number of nitriles is 1. The molecule has 7 nitrogen and oxygen atoms in total. The van der Waals surface area contributed by atoms with Crippen LogP contribution in [0.25, 0.3) is 0 Å². The van der Waals surface area contributed by atoms with E-state index in [9.17, 15) is 9.59 Å². The van der Waals surface area contributed by atoms with Crippen LogP contribution >= 0.6 is 0 Å². The fourth-order valence-electron chi connectivity index (χ4n) is 4.23. The second-order valence-electron chi connectivity index (χ2n) is 8.30. The molecule has 2 aliphatic rings. The van der Waals surface area contributed by atoms with E-state index in [1.807, 2.05) is 4.90 Å². The molecule has 1 aromatic carbocycles. The summed E-state index contributed by atoms with van der Waals surface area (Å²) >= 11 is 0. The maximum atomic E-state index is 12.6. The molecular formula is C22H30N4O3. The van der Waals surface area contributed by atoms with Crippen LogP contribution in [0, 0.1) is 23.2 Å². The summed E-state index contributed by atoms with van der Waals surface area (Å²) in [6, 6.07) is 8.96. The molecule has 2 fully saturated rings. The van der Waals surface area contributed by atoms with Crippen LogP contribution < -0.4 is 4.74 Å². The summed E-state index contributed by atoms with van der Waals surface area (Å²) in [6.07, 6.45) is 1.19. The molecule has 1 aromatic rings. The smallest absolute Gasteiger partial charge is 0.260 e. The minimum atomic E-state index is -0.0950. The summed E-state index contributed by atoms with van der Waals surface area (Å²) in [5.74, 6) is 1.64. The van der Waals surface area contributed by atoms with E-state index in [1.165, 1.54) is 6.42 Å². The Bertz CT molecular complexity index is 758. The van der Waals surface area contributed by atoms with Gasteiger partial charge in [-0.1, -0.05) is 26.0 Å². The number of amides is 2. The maximum Gasteiger partial charge on any atom is 0.260 e. The first-order valence-corrected chi connectivity index (χ1v) is 10.4. The molecule has 156 valence electrons. The van der Waals surface area contributed by atoms with Crippen LogP contribution in [0.3, 0.4) is 0 Å². The molecule has 29 heavy (non-hydrogen) atoms. The van der Waals surface area contributed by atoms with Gasteiger partial charge in [0, 0.05) is 39.3 Å². The number of hydrogen-bond donors (Lipinski definition) is 0. The summed E-state index contributed by atoms with van der Waals surface area (Å²) in [6.45, 7) is 9.00. The van der Waals surface area contributed by atoms with Crippen molar-refractivity contribution < 1.29 is 14.3 Å². The van der Waals surface area contributed by atoms with Crippen LogP contribution in [0.4, 0.5) is 0 Å². The molecule has 0 spiro atoms. The highest BCUT2D eigenvalue weighted by molar-refractivity contribution is 5.79. The normalized spacial score (nSPS) is 22.8. The zero-order valence-electron chi connectivity index (χ0n) is 17.3. The van der Waals surface area contributed by atoms with Gasteiger partial charge in [0.1, 0.15) is 11.8 Å². The number of carbonyl (C=O) groups excluding carboxylic acids is 2. The van der Waals surface area contributed by atoms with E-state index < -0.39 is 0 Å². The SMILES string of the molecule is CC1CC(C)CN(C(=O)CN2CCN(C(=O)COc3ccccc3C#N)CC2)C1. The van der Waals surface area contributed by atoms with E-state index >= 15 is 0 Å². The quantitative estimate of drug-likeness (QED) is 0.753. The van der Waals surface area contributed by atoms with Crippen molar-refractivity contribution >= 4 is 11.8 Å². The van der Waals surface area contributed by atoms with Gasteiger partial charge < -0.3 is 14.5 Å². The number of piperazine rings is 1. The highest BCUT2D eigenvalue weighted by atomic mass is 16.5. The van der Waals surface area contributed by atoms with E-state index in [0.29, 0.717) is 55.9 Å². The van der Waals surface area contributed by atoms with Crippen LogP contribution in [0.1, 0.15) is 25.8 Å². The highest BCUT2D eigenvalue weighted by Gasteiger charge is 2.28. The lowest BCUT2D eigenvalue weighted by Crippen LogP contribution is -2.53. The van der Waals surface area contributed by atoms with Crippen molar-refractivity contribution in [3.63, 3.8) is 0 Å².